The molecule has 1 aliphatic rings. The van der Waals surface area contributed by atoms with Gasteiger partial charge in [0, 0.05) is 6.54 Å². The van der Waals surface area contributed by atoms with Crippen LogP contribution in [0.1, 0.15) is 18.1 Å². The van der Waals surface area contributed by atoms with Crippen LogP contribution in [-0.4, -0.2) is 40.9 Å². The first-order chi connectivity index (χ1) is 15.3. The maximum atomic E-state index is 14.2. The van der Waals surface area contributed by atoms with E-state index in [2.05, 4.69) is 10.1 Å². The van der Waals surface area contributed by atoms with E-state index in [9.17, 15) is 29.0 Å². The van der Waals surface area contributed by atoms with Crippen LogP contribution in [0.15, 0.2) is 60.7 Å². The molecule has 0 spiro atoms. The molecule has 0 saturated carbocycles. The average Bonchev–Trinajstić information content (AvgIpc) is 3.13. The van der Waals surface area contributed by atoms with Crippen molar-refractivity contribution in [2.45, 2.75) is 37.4 Å². The fourth-order valence-electron chi connectivity index (χ4n) is 3.54. The number of esters is 1. The number of hydrogen-bond acceptors (Lipinski definition) is 5. The third-order valence-electron chi connectivity index (χ3n) is 4.96. The molecular weight excluding hydrogens is 471 g/mol. The summed E-state index contributed by atoms with van der Waals surface area (Å²) in [5.41, 5.74) is 0.925. The summed E-state index contributed by atoms with van der Waals surface area (Å²) in [6, 6.07) is 13.5. The second kappa shape index (κ2) is 8.58. The Balaban J connectivity index is 1.97. The van der Waals surface area contributed by atoms with Crippen molar-refractivity contribution in [1.29, 1.82) is 0 Å². The second-order valence-corrected chi connectivity index (χ2v) is 10.1. The number of carbonyl (C=O) groups is 2. The lowest BCUT2D eigenvalue weighted by Gasteiger charge is -2.47. The number of carbonyl (C=O) groups excluding carboxylic acids is 2. The van der Waals surface area contributed by atoms with E-state index in [0.717, 1.165) is 0 Å². The van der Waals surface area contributed by atoms with E-state index < -0.39 is 46.0 Å². The third-order valence-corrected chi connectivity index (χ3v) is 6.49. The van der Waals surface area contributed by atoms with Gasteiger partial charge in [-0.25, -0.2) is 0 Å². The highest BCUT2D eigenvalue weighted by Gasteiger charge is 2.79. The Labute approximate surface area is 187 Å². The van der Waals surface area contributed by atoms with E-state index in [1.54, 1.807) is 48.5 Å². The number of amides is 1. The Bertz CT molecular complexity index is 993. The van der Waals surface area contributed by atoms with Crippen LogP contribution in [0.5, 0.6) is 0 Å². The molecule has 2 aromatic rings. The van der Waals surface area contributed by atoms with E-state index in [-0.39, 0.29) is 13.2 Å². The monoisotopic (exact) mass is 494 g/mol. The van der Waals surface area contributed by atoms with Gasteiger partial charge in [-0.2, -0.15) is 5.06 Å². The molecule has 1 N–H and O–H groups in total. The number of rotatable bonds is 8. The van der Waals surface area contributed by atoms with Gasteiger partial charge in [-0.1, -0.05) is 80.1 Å². The lowest BCUT2D eigenvalue weighted by atomic mass is 10.1. The average molecular weight is 494 g/mol. The molecule has 0 aromatic heterocycles. The van der Waals surface area contributed by atoms with Crippen molar-refractivity contribution in [3.63, 3.8) is 0 Å². The van der Waals surface area contributed by atoms with Gasteiger partial charge in [0.2, 0.25) is 0 Å². The molecule has 3 rings (SSSR count). The summed E-state index contributed by atoms with van der Waals surface area (Å²) in [6.07, 6.45) is -2.68. The highest BCUT2D eigenvalue weighted by molar-refractivity contribution is 8.46. The minimum Gasteiger partial charge on any atom is -0.465 e. The zero-order chi connectivity index (χ0) is 24.3. The molecule has 1 amide bonds. The van der Waals surface area contributed by atoms with Crippen LogP contribution in [0.2, 0.25) is 0 Å². The normalized spacial score (nSPS) is 23.4. The SMILES string of the molecule is CCOC(=O)[C@H]1[C@@H](S(F)(F)(F)(F)F)[C@H](C(=O)NCc2ccccc2)ON1Cc1ccccc1. The van der Waals surface area contributed by atoms with Crippen LogP contribution >= 0.6 is 10.2 Å². The maximum absolute atomic E-state index is 14.2. The quantitative estimate of drug-likeness (QED) is 0.425. The molecule has 1 saturated heterocycles. The summed E-state index contributed by atoms with van der Waals surface area (Å²) in [5.74, 6) is -2.97. The number of nitrogens with one attached hydrogen (secondary N) is 1. The first-order valence-corrected chi connectivity index (χ1v) is 12.0. The summed E-state index contributed by atoms with van der Waals surface area (Å²) >= 11 is 0. The van der Waals surface area contributed by atoms with E-state index in [1.165, 1.54) is 19.1 Å². The number of halogens is 5. The Kier molecular flexibility index (Phi) is 6.48. The highest BCUT2D eigenvalue weighted by Crippen LogP contribution is 3.01. The first kappa shape index (κ1) is 24.9. The van der Waals surface area contributed by atoms with E-state index in [1.807, 2.05) is 0 Å². The van der Waals surface area contributed by atoms with Gasteiger partial charge in [0.25, 0.3) is 16.1 Å². The molecule has 0 radical (unpaired) electrons. The number of nitrogens with zero attached hydrogens (tertiary/aromatic N) is 1. The van der Waals surface area contributed by atoms with Crippen LogP contribution in [0, 0.1) is 0 Å². The molecular formula is C21H23F5N2O4S. The maximum Gasteiger partial charge on any atom is 0.327 e. The van der Waals surface area contributed by atoms with Gasteiger partial charge in [-0.3, -0.25) is 14.4 Å². The molecule has 12 heteroatoms. The van der Waals surface area contributed by atoms with Crippen LogP contribution in [-0.2, 0) is 32.3 Å². The molecule has 1 fully saturated rings. The van der Waals surface area contributed by atoms with Crippen LogP contribution in [0.4, 0.5) is 19.4 Å². The van der Waals surface area contributed by atoms with E-state index in [4.69, 9.17) is 4.84 Å². The topological polar surface area (TPSA) is 67.9 Å². The second-order valence-electron chi connectivity index (χ2n) is 7.48. The smallest absolute Gasteiger partial charge is 0.327 e. The van der Waals surface area contributed by atoms with Crippen molar-refractivity contribution in [2.24, 2.45) is 0 Å². The number of ether oxygens (including phenoxy) is 1. The first-order valence-electron chi connectivity index (χ1n) is 9.98. The molecule has 6 nitrogen and oxygen atoms in total. The predicted octanol–water partition coefficient (Wildman–Crippen LogP) is 4.72. The molecule has 0 bridgehead atoms. The molecule has 1 aliphatic heterocycles. The van der Waals surface area contributed by atoms with Gasteiger partial charge in [0.05, 0.1) is 13.2 Å². The standard InChI is InChI=1S/C21H23F5N2O4S/c1-2-31-21(30)17-19(33(22,23,24,25)26)18(20(29)27-13-15-9-5-3-6-10-15)32-28(17)14-16-11-7-4-8-12-16/h3-12,17-19H,2,13-14H2,1H3,(H,27,29)/t17-,18-,19-/m1/s1. The van der Waals surface area contributed by atoms with Gasteiger partial charge in [0.1, 0.15) is 0 Å². The van der Waals surface area contributed by atoms with Crippen LogP contribution < -0.4 is 5.32 Å². The van der Waals surface area contributed by atoms with Gasteiger partial charge in [-0.05, 0) is 18.1 Å². The van der Waals surface area contributed by atoms with Gasteiger partial charge < -0.3 is 10.1 Å². The van der Waals surface area contributed by atoms with Crippen molar-refractivity contribution in [3.05, 3.63) is 71.8 Å². The third kappa shape index (κ3) is 6.21. The van der Waals surface area contributed by atoms with Crippen molar-refractivity contribution >= 4 is 22.1 Å². The molecule has 33 heavy (non-hydrogen) atoms. The molecule has 0 aliphatic carbocycles. The Morgan fingerprint density at radius 1 is 0.970 bits per heavy atom. The number of hydroxylamine groups is 2. The Morgan fingerprint density at radius 2 is 1.52 bits per heavy atom. The number of benzene rings is 2. The fraction of sp³-hybridized carbons (Fsp3) is 0.333. The fourth-order valence-corrected chi connectivity index (χ4v) is 4.91. The van der Waals surface area contributed by atoms with Crippen molar-refractivity contribution in [2.75, 3.05) is 6.61 Å². The van der Waals surface area contributed by atoms with E-state index >= 15 is 0 Å². The van der Waals surface area contributed by atoms with Crippen molar-refractivity contribution < 1.29 is 38.6 Å². The van der Waals surface area contributed by atoms with Gasteiger partial charge >= 0.3 is 5.97 Å². The molecule has 2 aromatic carbocycles. The largest absolute Gasteiger partial charge is 0.465 e. The zero-order valence-corrected chi connectivity index (χ0v) is 18.3. The Hall–Kier alpha value is -2.70. The van der Waals surface area contributed by atoms with E-state index in [0.29, 0.717) is 16.2 Å². The lowest BCUT2D eigenvalue weighted by Crippen LogP contribution is -2.51. The summed E-state index contributed by atoms with van der Waals surface area (Å²) in [4.78, 5) is 30.2. The zero-order valence-electron chi connectivity index (χ0n) is 17.5. The summed E-state index contributed by atoms with van der Waals surface area (Å²) in [5, 5.41) is -1.03. The summed E-state index contributed by atoms with van der Waals surface area (Å²) in [6.45, 7) is 0.326. The van der Waals surface area contributed by atoms with Crippen molar-refractivity contribution in [3.8, 4) is 0 Å². The summed E-state index contributed by atoms with van der Waals surface area (Å²) < 4.78 is 75.5. The minimum absolute atomic E-state index is 0.213. The minimum atomic E-state index is -10.4. The van der Waals surface area contributed by atoms with Crippen LogP contribution in [0.3, 0.4) is 0 Å². The Morgan fingerprint density at radius 3 is 2.03 bits per heavy atom. The molecule has 182 valence electrons. The van der Waals surface area contributed by atoms with Crippen LogP contribution in [0.25, 0.3) is 0 Å². The molecule has 1 heterocycles. The predicted molar refractivity (Wildman–Crippen MR) is 112 cm³/mol. The molecule has 3 atom stereocenters. The van der Waals surface area contributed by atoms with Gasteiger partial charge in [-0.15, -0.1) is 0 Å². The summed E-state index contributed by atoms with van der Waals surface area (Å²) in [7, 11) is -10.4. The van der Waals surface area contributed by atoms with Gasteiger partial charge in [0.15, 0.2) is 17.4 Å². The lowest BCUT2D eigenvalue weighted by molar-refractivity contribution is -0.189. The molecule has 0 unspecified atom stereocenters. The highest BCUT2D eigenvalue weighted by atomic mass is 32.5. The number of hydrogen-bond donors (Lipinski definition) is 1. The van der Waals surface area contributed by atoms with Crippen molar-refractivity contribution in [1.82, 2.24) is 10.4 Å².